The highest BCUT2D eigenvalue weighted by atomic mass is 16.5. The van der Waals surface area contributed by atoms with E-state index in [1.165, 1.54) is 11.0 Å². The summed E-state index contributed by atoms with van der Waals surface area (Å²) in [6, 6.07) is 14.2. The number of nitrogens with one attached hydrogen (secondary N) is 2. The number of rotatable bonds is 6. The van der Waals surface area contributed by atoms with Crippen molar-refractivity contribution in [2.75, 3.05) is 19.5 Å². The maximum absolute atomic E-state index is 12.6. The minimum atomic E-state index is -0.319. The number of ether oxygens (including phenoxy) is 2. The summed E-state index contributed by atoms with van der Waals surface area (Å²) in [6.45, 7) is 0. The Hall–Kier alpha value is -4.21. The molecular weight excluding hydrogens is 374 g/mol. The van der Waals surface area contributed by atoms with Crippen LogP contribution in [0.3, 0.4) is 0 Å². The number of H-pyrrole nitrogens is 1. The Morgan fingerprint density at radius 3 is 2.59 bits per heavy atom. The van der Waals surface area contributed by atoms with Gasteiger partial charge in [0.2, 0.25) is 0 Å². The molecule has 2 heterocycles. The zero-order valence-electron chi connectivity index (χ0n) is 15.7. The zero-order valence-corrected chi connectivity index (χ0v) is 15.7. The number of carbonyl (C=O) groups is 1. The second-order valence-corrected chi connectivity index (χ2v) is 5.99. The first-order valence-electron chi connectivity index (χ1n) is 8.60. The molecule has 2 aromatic carbocycles. The van der Waals surface area contributed by atoms with Gasteiger partial charge in [-0.2, -0.15) is 5.10 Å². The lowest BCUT2D eigenvalue weighted by atomic mass is 10.1. The van der Waals surface area contributed by atoms with Gasteiger partial charge in [0.1, 0.15) is 23.5 Å². The predicted molar refractivity (Wildman–Crippen MR) is 104 cm³/mol. The fourth-order valence-electron chi connectivity index (χ4n) is 2.77. The van der Waals surface area contributed by atoms with E-state index < -0.39 is 0 Å². The van der Waals surface area contributed by atoms with Crippen LogP contribution in [0.1, 0.15) is 10.5 Å². The van der Waals surface area contributed by atoms with Crippen molar-refractivity contribution in [3.63, 3.8) is 0 Å². The lowest BCUT2D eigenvalue weighted by molar-refractivity contribution is 0.102. The smallest absolute Gasteiger partial charge is 0.273 e. The fourth-order valence-corrected chi connectivity index (χ4v) is 2.77. The molecule has 146 valence electrons. The number of carbonyl (C=O) groups excluding carboxylic acids is 1. The summed E-state index contributed by atoms with van der Waals surface area (Å²) >= 11 is 0. The molecule has 0 aliphatic heterocycles. The van der Waals surface area contributed by atoms with Crippen molar-refractivity contribution in [2.24, 2.45) is 0 Å². The van der Waals surface area contributed by atoms with Gasteiger partial charge in [0, 0.05) is 11.3 Å². The second kappa shape index (κ2) is 7.80. The Bertz CT molecular complexity index is 1120. The molecule has 0 unspecified atom stereocenters. The molecule has 0 saturated carbocycles. The number of tetrazole rings is 1. The Morgan fingerprint density at radius 2 is 1.90 bits per heavy atom. The maximum atomic E-state index is 12.6. The number of hydrogen-bond acceptors (Lipinski definition) is 7. The van der Waals surface area contributed by atoms with Crippen LogP contribution >= 0.6 is 0 Å². The number of anilines is 1. The fraction of sp³-hybridized carbons (Fsp3) is 0.105. The number of aromatic nitrogens is 6. The van der Waals surface area contributed by atoms with E-state index >= 15 is 0 Å². The molecule has 0 spiro atoms. The van der Waals surface area contributed by atoms with E-state index in [1.54, 1.807) is 62.8 Å². The molecule has 4 aromatic rings. The second-order valence-electron chi connectivity index (χ2n) is 5.99. The standard InChI is InChI=1S/C19H17N7O3/c1-28-14-7-8-18(29-2)15(9-14)16-10-17(23-22-16)19(27)21-12-3-5-13(6-4-12)26-11-20-24-25-26/h3-11H,1-2H3,(H,21,27)(H,22,23). The van der Waals surface area contributed by atoms with Crippen LogP contribution in [0.4, 0.5) is 5.69 Å². The van der Waals surface area contributed by atoms with E-state index in [1.807, 2.05) is 0 Å². The third-order valence-corrected chi connectivity index (χ3v) is 4.24. The van der Waals surface area contributed by atoms with E-state index in [2.05, 4.69) is 31.0 Å². The van der Waals surface area contributed by atoms with Crippen LogP contribution in [-0.4, -0.2) is 50.5 Å². The minimum absolute atomic E-state index is 0.314. The van der Waals surface area contributed by atoms with Crippen LogP contribution in [0.25, 0.3) is 16.9 Å². The van der Waals surface area contributed by atoms with Gasteiger partial charge in [0.25, 0.3) is 5.91 Å². The average Bonchev–Trinajstić information content (AvgIpc) is 3.46. The highest BCUT2D eigenvalue weighted by Gasteiger charge is 2.15. The summed E-state index contributed by atoms with van der Waals surface area (Å²) in [7, 11) is 3.16. The molecule has 29 heavy (non-hydrogen) atoms. The monoisotopic (exact) mass is 391 g/mol. The first kappa shape index (κ1) is 18.2. The van der Waals surface area contributed by atoms with Gasteiger partial charge in [0.15, 0.2) is 0 Å². The van der Waals surface area contributed by atoms with E-state index in [9.17, 15) is 4.79 Å². The highest BCUT2D eigenvalue weighted by molar-refractivity contribution is 6.03. The normalized spacial score (nSPS) is 10.6. The quantitative estimate of drug-likeness (QED) is 0.517. The maximum Gasteiger partial charge on any atom is 0.273 e. The highest BCUT2D eigenvalue weighted by Crippen LogP contribution is 2.32. The first-order valence-corrected chi connectivity index (χ1v) is 8.60. The van der Waals surface area contributed by atoms with Crippen LogP contribution in [0.15, 0.2) is 54.9 Å². The lowest BCUT2D eigenvalue weighted by Gasteiger charge is -2.08. The lowest BCUT2D eigenvalue weighted by Crippen LogP contribution is -2.12. The van der Waals surface area contributed by atoms with Gasteiger partial charge in [-0.05, 0) is 59.0 Å². The molecule has 0 fully saturated rings. The van der Waals surface area contributed by atoms with Crippen LogP contribution in [0, 0.1) is 0 Å². The van der Waals surface area contributed by atoms with Gasteiger partial charge in [-0.15, -0.1) is 5.10 Å². The average molecular weight is 391 g/mol. The zero-order chi connectivity index (χ0) is 20.2. The van der Waals surface area contributed by atoms with Crippen molar-refractivity contribution < 1.29 is 14.3 Å². The Morgan fingerprint density at radius 1 is 1.07 bits per heavy atom. The van der Waals surface area contributed by atoms with Crippen molar-refractivity contribution in [3.05, 3.63) is 60.6 Å². The van der Waals surface area contributed by atoms with E-state index in [0.29, 0.717) is 34.1 Å². The number of aromatic amines is 1. The molecule has 0 saturated heterocycles. The summed E-state index contributed by atoms with van der Waals surface area (Å²) in [5.41, 5.74) is 3.01. The molecule has 0 radical (unpaired) electrons. The molecule has 0 bridgehead atoms. The third kappa shape index (κ3) is 3.76. The number of hydrogen-bond donors (Lipinski definition) is 2. The van der Waals surface area contributed by atoms with Gasteiger partial charge >= 0.3 is 0 Å². The Kier molecular flexibility index (Phi) is 4.89. The molecule has 0 atom stereocenters. The first-order chi connectivity index (χ1) is 14.2. The van der Waals surface area contributed by atoms with Crippen molar-refractivity contribution in [1.82, 2.24) is 30.4 Å². The molecular formula is C19H17N7O3. The summed E-state index contributed by atoms with van der Waals surface area (Å²) in [5.74, 6) is 0.973. The van der Waals surface area contributed by atoms with Crippen molar-refractivity contribution in [3.8, 4) is 28.4 Å². The number of methoxy groups -OCH3 is 2. The molecule has 4 rings (SSSR count). The molecule has 1 amide bonds. The summed E-state index contributed by atoms with van der Waals surface area (Å²) in [5, 5.41) is 20.8. The molecule has 10 heteroatoms. The molecule has 10 nitrogen and oxygen atoms in total. The number of benzene rings is 2. The van der Waals surface area contributed by atoms with E-state index in [-0.39, 0.29) is 5.91 Å². The largest absolute Gasteiger partial charge is 0.497 e. The van der Waals surface area contributed by atoms with Gasteiger partial charge in [0.05, 0.1) is 25.6 Å². The Balaban J connectivity index is 1.52. The molecule has 2 aromatic heterocycles. The SMILES string of the molecule is COc1ccc(OC)c(-c2cc(C(=O)Nc3ccc(-n4cnnn4)cc3)[nH]n2)c1. The van der Waals surface area contributed by atoms with Gasteiger partial charge < -0.3 is 14.8 Å². The minimum Gasteiger partial charge on any atom is -0.497 e. The molecule has 2 N–H and O–H groups in total. The molecule has 0 aliphatic rings. The van der Waals surface area contributed by atoms with Crippen LogP contribution in [-0.2, 0) is 0 Å². The third-order valence-electron chi connectivity index (χ3n) is 4.24. The van der Waals surface area contributed by atoms with E-state index in [4.69, 9.17) is 9.47 Å². The number of nitrogens with zero attached hydrogens (tertiary/aromatic N) is 5. The summed E-state index contributed by atoms with van der Waals surface area (Å²) in [4.78, 5) is 12.6. The van der Waals surface area contributed by atoms with Crippen LogP contribution in [0.5, 0.6) is 11.5 Å². The van der Waals surface area contributed by atoms with Crippen LogP contribution in [0.2, 0.25) is 0 Å². The van der Waals surface area contributed by atoms with Gasteiger partial charge in [-0.3, -0.25) is 9.89 Å². The Labute approximate surface area is 165 Å². The summed E-state index contributed by atoms with van der Waals surface area (Å²) in [6.07, 6.45) is 1.49. The van der Waals surface area contributed by atoms with E-state index in [0.717, 1.165) is 5.69 Å². The topological polar surface area (TPSA) is 120 Å². The predicted octanol–water partition coefficient (Wildman–Crippen LogP) is 2.32. The van der Waals surface area contributed by atoms with Crippen LogP contribution < -0.4 is 14.8 Å². The van der Waals surface area contributed by atoms with Crippen molar-refractivity contribution in [1.29, 1.82) is 0 Å². The molecule has 0 aliphatic carbocycles. The van der Waals surface area contributed by atoms with Crippen molar-refractivity contribution in [2.45, 2.75) is 0 Å². The van der Waals surface area contributed by atoms with Crippen molar-refractivity contribution >= 4 is 11.6 Å². The van der Waals surface area contributed by atoms with Gasteiger partial charge in [-0.1, -0.05) is 0 Å². The summed E-state index contributed by atoms with van der Waals surface area (Å²) < 4.78 is 12.2. The number of amides is 1. The van der Waals surface area contributed by atoms with Gasteiger partial charge in [-0.25, -0.2) is 4.68 Å².